The van der Waals surface area contributed by atoms with Crippen molar-refractivity contribution in [1.82, 2.24) is 5.32 Å². The molecule has 0 saturated carbocycles. The number of carbonyl (C=O) groups is 1. The number of hydrogen-bond acceptors (Lipinski definition) is 4. The van der Waals surface area contributed by atoms with E-state index in [0.717, 1.165) is 31.0 Å². The van der Waals surface area contributed by atoms with Gasteiger partial charge in [-0.1, -0.05) is 29.8 Å². The summed E-state index contributed by atoms with van der Waals surface area (Å²) in [7, 11) is 4.84. The molecule has 2 aromatic carbocycles. The summed E-state index contributed by atoms with van der Waals surface area (Å²) in [5.74, 6) is 1.36. The van der Waals surface area contributed by atoms with Crippen molar-refractivity contribution in [2.45, 2.75) is 25.9 Å². The zero-order valence-electron chi connectivity index (χ0n) is 17.7. The third kappa shape index (κ3) is 5.08. The maximum atomic E-state index is 12.0. The maximum Gasteiger partial charge on any atom is 0.246 e. The molecule has 1 heterocycles. The molecule has 2 N–H and O–H groups in total. The average Bonchev–Trinajstić information content (AvgIpc) is 2.72. The summed E-state index contributed by atoms with van der Waals surface area (Å²) in [6.45, 7) is 4.62. The average molecular weight is 400 g/mol. The van der Waals surface area contributed by atoms with Crippen LogP contribution in [0.4, 0.5) is 0 Å². The smallest absolute Gasteiger partial charge is 0.246 e. The fourth-order valence-corrected chi connectivity index (χ4v) is 4.12. The number of amides is 1. The molecule has 2 aromatic rings. The molecule has 0 saturated heterocycles. The van der Waals surface area contributed by atoms with E-state index in [-0.39, 0.29) is 18.6 Å². The number of carbonyl (C=O) groups excluding carboxylic acids is 1. The minimum Gasteiger partial charge on any atom is -0.493 e. The van der Waals surface area contributed by atoms with Gasteiger partial charge in [0.15, 0.2) is 11.5 Å². The minimum absolute atomic E-state index is 0.0682. The number of rotatable bonds is 8. The first-order chi connectivity index (χ1) is 14.0. The van der Waals surface area contributed by atoms with E-state index >= 15 is 0 Å². The van der Waals surface area contributed by atoms with E-state index in [4.69, 9.17) is 14.2 Å². The van der Waals surface area contributed by atoms with Crippen molar-refractivity contribution in [2.75, 3.05) is 41.0 Å². The Morgan fingerprint density at radius 2 is 1.90 bits per heavy atom. The van der Waals surface area contributed by atoms with E-state index in [1.165, 1.54) is 34.3 Å². The van der Waals surface area contributed by atoms with Crippen LogP contribution in [0.1, 0.15) is 28.3 Å². The molecule has 2 atom stereocenters. The van der Waals surface area contributed by atoms with E-state index in [0.29, 0.717) is 6.54 Å². The van der Waals surface area contributed by atoms with Crippen LogP contribution < -0.4 is 19.7 Å². The Kier molecular flexibility index (Phi) is 7.12. The zero-order valence-corrected chi connectivity index (χ0v) is 17.7. The third-order valence-electron chi connectivity index (χ3n) is 5.52. The lowest BCUT2D eigenvalue weighted by atomic mass is 9.91. The van der Waals surface area contributed by atoms with Crippen LogP contribution in [0.2, 0.25) is 0 Å². The molecular formula is C23H31N2O4+. The van der Waals surface area contributed by atoms with Gasteiger partial charge in [-0.05, 0) is 24.6 Å². The highest BCUT2D eigenvalue weighted by atomic mass is 16.5. The summed E-state index contributed by atoms with van der Waals surface area (Å²) in [5.41, 5.74) is 5.02. The second-order valence-electron chi connectivity index (χ2n) is 7.52. The van der Waals surface area contributed by atoms with Gasteiger partial charge in [0.2, 0.25) is 5.91 Å². The first kappa shape index (κ1) is 21.1. The highest BCUT2D eigenvalue weighted by Gasteiger charge is 2.32. The highest BCUT2D eigenvalue weighted by Crippen LogP contribution is 2.34. The molecule has 0 spiro atoms. The molecule has 1 aliphatic heterocycles. The molecule has 3 rings (SSSR count). The van der Waals surface area contributed by atoms with Crippen LogP contribution in [-0.4, -0.2) is 46.9 Å². The molecule has 0 aliphatic carbocycles. The third-order valence-corrected chi connectivity index (χ3v) is 5.52. The molecule has 1 aliphatic rings. The monoisotopic (exact) mass is 399 g/mol. The zero-order chi connectivity index (χ0) is 20.8. The Morgan fingerprint density at radius 3 is 2.59 bits per heavy atom. The first-order valence-electron chi connectivity index (χ1n) is 9.96. The molecule has 0 aromatic heterocycles. The Balaban J connectivity index is 1.91. The Hall–Kier alpha value is -2.57. The Labute approximate surface area is 172 Å². The second-order valence-corrected chi connectivity index (χ2v) is 7.52. The van der Waals surface area contributed by atoms with Gasteiger partial charge in [-0.2, -0.15) is 0 Å². The largest absolute Gasteiger partial charge is 0.493 e. The van der Waals surface area contributed by atoms with Gasteiger partial charge in [0.05, 0.1) is 27.3 Å². The van der Waals surface area contributed by atoms with Crippen LogP contribution in [-0.2, 0) is 22.5 Å². The summed E-state index contributed by atoms with van der Waals surface area (Å²) < 4.78 is 16.0. The van der Waals surface area contributed by atoms with Gasteiger partial charge in [0.25, 0.3) is 0 Å². The summed E-state index contributed by atoms with van der Waals surface area (Å²) >= 11 is 0. The lowest BCUT2D eigenvalue weighted by Gasteiger charge is -2.35. The molecule has 29 heavy (non-hydrogen) atoms. The fourth-order valence-electron chi connectivity index (χ4n) is 4.12. The molecule has 6 heteroatoms. The van der Waals surface area contributed by atoms with Gasteiger partial charge in [0.1, 0.15) is 19.2 Å². The van der Waals surface area contributed by atoms with Crippen molar-refractivity contribution >= 4 is 5.91 Å². The van der Waals surface area contributed by atoms with Gasteiger partial charge >= 0.3 is 0 Å². The summed E-state index contributed by atoms with van der Waals surface area (Å²) in [6, 6.07) is 12.9. The topological polar surface area (TPSA) is 61.2 Å². The quantitative estimate of drug-likeness (QED) is 0.706. The fraction of sp³-hybridized carbons (Fsp3) is 0.435. The van der Waals surface area contributed by atoms with E-state index in [1.807, 2.05) is 0 Å². The molecule has 0 fully saturated rings. The van der Waals surface area contributed by atoms with Gasteiger partial charge < -0.3 is 24.4 Å². The summed E-state index contributed by atoms with van der Waals surface area (Å²) in [4.78, 5) is 13.5. The lowest BCUT2D eigenvalue weighted by molar-refractivity contribution is -0.945. The number of benzene rings is 2. The number of ether oxygens (including phenoxy) is 3. The van der Waals surface area contributed by atoms with Crippen molar-refractivity contribution < 1.29 is 23.9 Å². The second kappa shape index (κ2) is 9.76. The van der Waals surface area contributed by atoms with Gasteiger partial charge in [-0.15, -0.1) is 0 Å². The van der Waals surface area contributed by atoms with E-state index in [1.54, 1.807) is 14.2 Å². The standard InChI is InChI=1S/C23H30N2O4/c1-16-6-5-7-17(10-16)14-25-9-8-18-11-21(28-3)22(29-4)12-19(18)20(25)13-24-23(26)15-27-2/h5-7,10-12,20H,8-9,13-15H2,1-4H3,(H,24,26)/p+1/t20-/m0/s1. The maximum absolute atomic E-state index is 12.0. The van der Waals surface area contributed by atoms with E-state index < -0.39 is 0 Å². The normalized spacial score (nSPS) is 18.1. The molecule has 1 amide bonds. The number of quaternary nitrogens is 1. The first-order valence-corrected chi connectivity index (χ1v) is 9.96. The molecule has 1 unspecified atom stereocenters. The van der Waals surface area contributed by atoms with Crippen LogP contribution in [0.25, 0.3) is 0 Å². The lowest BCUT2D eigenvalue weighted by Crippen LogP contribution is -3.12. The molecular weight excluding hydrogens is 368 g/mol. The number of hydrogen-bond donors (Lipinski definition) is 2. The SMILES string of the molecule is COCC(=O)NC[C@H]1c2cc(OC)c(OC)cc2CC[NH+]1Cc1cccc(C)c1. The predicted molar refractivity (Wildman–Crippen MR) is 112 cm³/mol. The highest BCUT2D eigenvalue weighted by molar-refractivity contribution is 5.77. The van der Waals surface area contributed by atoms with Crippen LogP contribution in [0.3, 0.4) is 0 Å². The van der Waals surface area contributed by atoms with Gasteiger partial charge in [-0.3, -0.25) is 4.79 Å². The van der Waals surface area contributed by atoms with Crippen molar-refractivity contribution in [3.8, 4) is 11.5 Å². The van der Waals surface area contributed by atoms with Crippen molar-refractivity contribution in [3.05, 3.63) is 58.7 Å². The summed E-state index contributed by atoms with van der Waals surface area (Å²) in [6.07, 6.45) is 0.958. The molecule has 0 radical (unpaired) electrons. The van der Waals surface area contributed by atoms with E-state index in [9.17, 15) is 4.79 Å². The Bertz CT molecular complexity index is 853. The van der Waals surface area contributed by atoms with Crippen LogP contribution in [0, 0.1) is 6.92 Å². The Morgan fingerprint density at radius 1 is 1.14 bits per heavy atom. The van der Waals surface area contributed by atoms with Crippen molar-refractivity contribution in [3.63, 3.8) is 0 Å². The number of aryl methyl sites for hydroxylation is 1. The number of nitrogens with one attached hydrogen (secondary N) is 2. The van der Waals surface area contributed by atoms with Gasteiger partial charge in [-0.25, -0.2) is 0 Å². The van der Waals surface area contributed by atoms with Crippen LogP contribution in [0.15, 0.2) is 36.4 Å². The predicted octanol–water partition coefficient (Wildman–Crippen LogP) is 1.46. The van der Waals surface area contributed by atoms with Crippen LogP contribution in [0.5, 0.6) is 11.5 Å². The van der Waals surface area contributed by atoms with Crippen LogP contribution >= 0.6 is 0 Å². The molecule has 156 valence electrons. The van der Waals surface area contributed by atoms with Gasteiger partial charge in [0, 0.05) is 24.7 Å². The number of fused-ring (bicyclic) bond motifs is 1. The van der Waals surface area contributed by atoms with Crippen molar-refractivity contribution in [1.29, 1.82) is 0 Å². The van der Waals surface area contributed by atoms with E-state index in [2.05, 4.69) is 48.6 Å². The number of methoxy groups -OCH3 is 3. The molecule has 0 bridgehead atoms. The minimum atomic E-state index is -0.102. The summed E-state index contributed by atoms with van der Waals surface area (Å²) in [5, 5.41) is 3.03. The van der Waals surface area contributed by atoms with Crippen molar-refractivity contribution in [2.24, 2.45) is 0 Å². The molecule has 6 nitrogen and oxygen atoms in total.